The number of thiazole rings is 1. The minimum atomic E-state index is -0.942. The highest BCUT2D eigenvalue weighted by atomic mass is 32.1. The summed E-state index contributed by atoms with van der Waals surface area (Å²) in [5.41, 5.74) is 9.57. The molecule has 16 heteroatoms. The van der Waals surface area contributed by atoms with Gasteiger partial charge in [0.15, 0.2) is 0 Å². The van der Waals surface area contributed by atoms with Gasteiger partial charge in [0, 0.05) is 96.7 Å². The number of carbonyl (C=O) groups excluding carboxylic acids is 4. The molecular weight excluding hydrogens is 879 g/mol. The van der Waals surface area contributed by atoms with Crippen LogP contribution in [0.15, 0.2) is 41.9 Å². The Morgan fingerprint density at radius 3 is 2.63 bits per heavy atom. The molecule has 10 rings (SSSR count). The zero-order chi connectivity index (χ0) is 47.6. The third kappa shape index (κ3) is 9.11. The standard InChI is InChI=1S/C52H69N9O6S/c1-8-60-40-16-15-33-23-35(40)36(46(60)34-11-9-19-53-42(34)31(4)66-7)25-51(5,6)29-67-50(65)37-12-10-20-61(57-37)48(63)38(24-41-54-39(33)26-68-41)55-47(62)45(30(2)3)58-21-17-52(27-58)18-22-59(28-52)49(64)44-43(56-44)32-13-14-32/h9,11,15-16,19,23,26,30-32,37-38,43-45,56-57H,8,10,12-14,17-18,20-22,24-25,27-29H2,1-7H3,(H,55,62)/t31-,37-,38-,43+,44+,45-,52-/m0/s1. The van der Waals surface area contributed by atoms with E-state index in [0.717, 1.165) is 95.2 Å². The third-order valence-corrected chi connectivity index (χ3v) is 16.6. The lowest BCUT2D eigenvalue weighted by Gasteiger charge is -2.36. The van der Waals surface area contributed by atoms with Crippen LogP contribution in [0.1, 0.15) is 102 Å². The molecule has 364 valence electrons. The number of methoxy groups -OCH3 is 1. The summed E-state index contributed by atoms with van der Waals surface area (Å²) in [5.74, 6) is -0.0571. The number of likely N-dealkylation sites (tertiary alicyclic amines) is 2. The quantitative estimate of drug-likeness (QED) is 0.128. The van der Waals surface area contributed by atoms with Gasteiger partial charge in [-0.1, -0.05) is 33.8 Å². The van der Waals surface area contributed by atoms with Gasteiger partial charge in [-0.05, 0) is 107 Å². The molecule has 68 heavy (non-hydrogen) atoms. The molecule has 4 aromatic rings. The van der Waals surface area contributed by atoms with E-state index in [9.17, 15) is 19.2 Å². The van der Waals surface area contributed by atoms with Crippen molar-refractivity contribution in [1.82, 2.24) is 45.4 Å². The summed E-state index contributed by atoms with van der Waals surface area (Å²) in [6, 6.07) is 8.76. The first-order valence-corrected chi connectivity index (χ1v) is 26.0. The van der Waals surface area contributed by atoms with Crippen molar-refractivity contribution >= 4 is 45.9 Å². The predicted octanol–water partition coefficient (Wildman–Crippen LogP) is 5.90. The fraction of sp³-hybridized carbons (Fsp3) is 0.615. The highest BCUT2D eigenvalue weighted by Gasteiger charge is 2.55. The van der Waals surface area contributed by atoms with Crippen LogP contribution in [0, 0.1) is 22.7 Å². The Labute approximate surface area is 404 Å². The van der Waals surface area contributed by atoms with E-state index >= 15 is 0 Å². The molecule has 8 heterocycles. The fourth-order valence-electron chi connectivity index (χ4n) is 11.8. The van der Waals surface area contributed by atoms with Crippen LogP contribution in [-0.2, 0) is 48.0 Å². The monoisotopic (exact) mass is 948 g/mol. The minimum absolute atomic E-state index is 0.0310. The molecule has 3 N–H and O–H groups in total. The van der Waals surface area contributed by atoms with Gasteiger partial charge in [0.1, 0.15) is 18.1 Å². The van der Waals surface area contributed by atoms with Gasteiger partial charge in [-0.15, -0.1) is 11.3 Å². The minimum Gasteiger partial charge on any atom is -0.464 e. The van der Waals surface area contributed by atoms with Gasteiger partial charge in [-0.25, -0.2) is 10.4 Å². The van der Waals surface area contributed by atoms with Gasteiger partial charge in [0.05, 0.1) is 40.8 Å². The molecule has 1 aliphatic carbocycles. The number of hydrogen-bond donors (Lipinski definition) is 3. The second-order valence-electron chi connectivity index (χ2n) is 21.7. The van der Waals surface area contributed by atoms with Gasteiger partial charge in [0.25, 0.3) is 5.91 Å². The van der Waals surface area contributed by atoms with E-state index < -0.39 is 29.5 Å². The molecule has 0 unspecified atom stereocenters. The van der Waals surface area contributed by atoms with E-state index in [4.69, 9.17) is 19.4 Å². The number of pyridine rings is 1. The van der Waals surface area contributed by atoms with Crippen LogP contribution >= 0.6 is 11.3 Å². The van der Waals surface area contributed by atoms with Gasteiger partial charge >= 0.3 is 5.97 Å². The lowest BCUT2D eigenvalue weighted by molar-refractivity contribution is -0.155. The summed E-state index contributed by atoms with van der Waals surface area (Å²) in [6.45, 7) is 16.8. The predicted molar refractivity (Wildman–Crippen MR) is 261 cm³/mol. The van der Waals surface area contributed by atoms with Crippen LogP contribution in [0.25, 0.3) is 33.4 Å². The number of carbonyl (C=O) groups is 4. The number of fused-ring (bicyclic) bond motifs is 6. The Bertz CT molecular complexity index is 2590. The van der Waals surface area contributed by atoms with Crippen molar-refractivity contribution in [2.24, 2.45) is 22.7 Å². The second kappa shape index (κ2) is 18.5. The number of amides is 3. The summed E-state index contributed by atoms with van der Waals surface area (Å²) in [5, 5.41) is 12.0. The van der Waals surface area contributed by atoms with Crippen molar-refractivity contribution < 1.29 is 28.7 Å². The van der Waals surface area contributed by atoms with E-state index in [1.54, 1.807) is 7.11 Å². The number of hydrogen-bond acceptors (Lipinski definition) is 12. The lowest BCUT2D eigenvalue weighted by Crippen LogP contribution is -2.62. The normalized spacial score (nSPS) is 27.4. The topological polar surface area (TPSA) is 173 Å². The third-order valence-electron chi connectivity index (χ3n) is 15.7. The number of nitrogens with one attached hydrogen (secondary N) is 3. The smallest absolute Gasteiger partial charge is 0.324 e. The maximum atomic E-state index is 14.8. The van der Waals surface area contributed by atoms with E-state index in [-0.39, 0.29) is 54.2 Å². The number of cyclic esters (lactones) is 1. The lowest BCUT2D eigenvalue weighted by atomic mass is 9.84. The molecule has 15 nitrogen and oxygen atoms in total. The van der Waals surface area contributed by atoms with Crippen molar-refractivity contribution in [3.63, 3.8) is 0 Å². The first-order valence-electron chi connectivity index (χ1n) is 25.1. The number of esters is 1. The van der Waals surface area contributed by atoms with E-state index in [2.05, 4.69) is 89.3 Å². The molecule has 3 amide bonds. The molecule has 7 atom stereocenters. The molecule has 3 aromatic heterocycles. The zero-order valence-corrected chi connectivity index (χ0v) is 41.6. The first-order chi connectivity index (χ1) is 32.7. The van der Waals surface area contributed by atoms with E-state index in [1.165, 1.54) is 29.2 Å². The SMILES string of the molecule is CCn1c(-c2cccnc2[C@H](C)OC)c2c3cc(ccc31)-c1csc(n1)C[C@H](NC(=O)[C@H](C(C)C)N1CC[C@]3(CCN(C(=O)[C@@H]4N[C@@H]4C4CC4)C3)C1)C(=O)N1CCC[C@H](N1)C(=O)OCC(C)(C)C2. The summed E-state index contributed by atoms with van der Waals surface area (Å²) < 4.78 is 14.3. The van der Waals surface area contributed by atoms with Crippen molar-refractivity contribution in [1.29, 1.82) is 0 Å². The highest BCUT2D eigenvalue weighted by molar-refractivity contribution is 7.10. The average Bonchev–Trinajstić information content (AvgIpc) is 4.16. The number of aryl methyl sites for hydroxylation is 1. The molecule has 5 aliphatic heterocycles. The fourth-order valence-corrected chi connectivity index (χ4v) is 12.7. The number of hydrazine groups is 1. The Balaban J connectivity index is 0.954. The van der Waals surface area contributed by atoms with Gasteiger partial charge in [-0.3, -0.25) is 39.4 Å². The summed E-state index contributed by atoms with van der Waals surface area (Å²) in [4.78, 5) is 71.3. The Kier molecular flexibility index (Phi) is 12.8. The van der Waals surface area contributed by atoms with E-state index in [0.29, 0.717) is 37.8 Å². The molecule has 6 bridgehead atoms. The van der Waals surface area contributed by atoms with Crippen LogP contribution in [0.5, 0.6) is 0 Å². The van der Waals surface area contributed by atoms with Gasteiger partial charge in [0.2, 0.25) is 11.8 Å². The van der Waals surface area contributed by atoms with Crippen molar-refractivity contribution in [2.45, 2.75) is 136 Å². The largest absolute Gasteiger partial charge is 0.464 e. The number of nitrogens with zero attached hydrogens (tertiary/aromatic N) is 6. The molecule has 1 saturated carbocycles. The summed E-state index contributed by atoms with van der Waals surface area (Å²) in [6.07, 6.45) is 7.76. The molecule has 1 spiro atoms. The Morgan fingerprint density at radius 1 is 1.06 bits per heavy atom. The Hall–Kier alpha value is -4.74. The second-order valence-corrected chi connectivity index (χ2v) is 22.6. The molecule has 0 radical (unpaired) electrons. The van der Waals surface area contributed by atoms with Crippen molar-refractivity contribution in [3.8, 4) is 22.5 Å². The van der Waals surface area contributed by atoms with Crippen molar-refractivity contribution in [3.05, 3.63) is 58.2 Å². The molecule has 4 saturated heterocycles. The maximum Gasteiger partial charge on any atom is 0.324 e. The molecule has 1 aromatic carbocycles. The summed E-state index contributed by atoms with van der Waals surface area (Å²) in [7, 11) is 1.70. The van der Waals surface area contributed by atoms with Crippen LogP contribution in [0.4, 0.5) is 0 Å². The number of ether oxygens (including phenoxy) is 2. The van der Waals surface area contributed by atoms with E-state index in [1.807, 2.05) is 24.6 Å². The number of rotatable bonds is 10. The number of aromatic nitrogens is 3. The van der Waals surface area contributed by atoms with Gasteiger partial charge < -0.3 is 24.3 Å². The van der Waals surface area contributed by atoms with Crippen molar-refractivity contribution in [2.75, 3.05) is 46.4 Å². The molecular formula is C52H69N9O6S. The zero-order valence-electron chi connectivity index (χ0n) is 40.8. The molecule has 6 aliphatic rings. The Morgan fingerprint density at radius 2 is 1.87 bits per heavy atom. The van der Waals surface area contributed by atoms with Crippen LogP contribution in [0.2, 0.25) is 0 Å². The summed E-state index contributed by atoms with van der Waals surface area (Å²) >= 11 is 1.48. The average molecular weight is 948 g/mol. The maximum absolute atomic E-state index is 14.8. The molecule has 5 fully saturated rings. The highest BCUT2D eigenvalue weighted by Crippen LogP contribution is 2.45. The van der Waals surface area contributed by atoms with Crippen LogP contribution in [0.3, 0.4) is 0 Å². The van der Waals surface area contributed by atoms with Crippen LogP contribution < -0.4 is 16.1 Å². The first kappa shape index (κ1) is 47.0. The van der Waals surface area contributed by atoms with Crippen LogP contribution in [-0.4, -0.2) is 130 Å². The van der Waals surface area contributed by atoms with Gasteiger partial charge in [-0.2, -0.15) is 0 Å². The number of benzene rings is 1.